The van der Waals surface area contributed by atoms with E-state index in [9.17, 15) is 14.4 Å². The first kappa shape index (κ1) is 23.5. The quantitative estimate of drug-likeness (QED) is 0.307. The normalized spacial score (nSPS) is 14.0. The first-order valence-electron chi connectivity index (χ1n) is 10.4. The second-order valence-electron chi connectivity index (χ2n) is 7.42. The van der Waals surface area contributed by atoms with Crippen LogP contribution in [0.3, 0.4) is 0 Å². The lowest BCUT2D eigenvalue weighted by Crippen LogP contribution is -2.38. The zero-order chi connectivity index (χ0) is 22.8. The van der Waals surface area contributed by atoms with Gasteiger partial charge in [0.2, 0.25) is 0 Å². The summed E-state index contributed by atoms with van der Waals surface area (Å²) >= 11 is 3.30. The molecule has 32 heavy (non-hydrogen) atoms. The fourth-order valence-electron chi connectivity index (χ4n) is 3.25. The molecule has 1 aliphatic rings. The van der Waals surface area contributed by atoms with Crippen molar-refractivity contribution in [2.24, 2.45) is 5.10 Å². The molecular formula is C23H25BrN4O4. The number of anilines is 1. The van der Waals surface area contributed by atoms with Crippen molar-refractivity contribution in [3.8, 4) is 5.75 Å². The lowest BCUT2D eigenvalue weighted by molar-refractivity contribution is -0.136. The van der Waals surface area contributed by atoms with Gasteiger partial charge in [0.15, 0.2) is 6.61 Å². The fraction of sp³-hybridized carbons (Fsp3) is 0.304. The van der Waals surface area contributed by atoms with Gasteiger partial charge in [-0.2, -0.15) is 5.10 Å². The first-order chi connectivity index (χ1) is 15.5. The highest BCUT2D eigenvalue weighted by atomic mass is 79.9. The van der Waals surface area contributed by atoms with E-state index < -0.39 is 11.8 Å². The Kier molecular flexibility index (Phi) is 8.79. The van der Waals surface area contributed by atoms with Crippen molar-refractivity contribution >= 4 is 45.6 Å². The summed E-state index contributed by atoms with van der Waals surface area (Å²) in [6.07, 6.45) is 7.02. The molecule has 0 saturated heterocycles. The first-order valence-corrected chi connectivity index (χ1v) is 11.2. The van der Waals surface area contributed by atoms with E-state index >= 15 is 0 Å². The van der Waals surface area contributed by atoms with Gasteiger partial charge in [0.05, 0.1) is 6.21 Å². The molecule has 0 atom stereocenters. The molecule has 1 aliphatic carbocycles. The summed E-state index contributed by atoms with van der Waals surface area (Å²) in [5.74, 6) is -1.27. The van der Waals surface area contributed by atoms with Gasteiger partial charge in [-0.25, -0.2) is 5.43 Å². The second-order valence-corrected chi connectivity index (χ2v) is 8.34. The average molecular weight is 501 g/mol. The van der Waals surface area contributed by atoms with Gasteiger partial charge in [0.1, 0.15) is 5.75 Å². The lowest BCUT2D eigenvalue weighted by atomic mass is 9.95. The fourth-order valence-corrected chi connectivity index (χ4v) is 3.52. The van der Waals surface area contributed by atoms with Crippen LogP contribution < -0.4 is 20.8 Å². The van der Waals surface area contributed by atoms with E-state index in [1.165, 1.54) is 12.6 Å². The van der Waals surface area contributed by atoms with Gasteiger partial charge < -0.3 is 15.4 Å². The number of benzene rings is 2. The zero-order valence-electron chi connectivity index (χ0n) is 17.5. The predicted octanol–water partition coefficient (Wildman–Crippen LogP) is 3.37. The van der Waals surface area contributed by atoms with E-state index in [1.54, 1.807) is 48.5 Å². The maximum atomic E-state index is 12.0. The summed E-state index contributed by atoms with van der Waals surface area (Å²) in [6, 6.07) is 14.0. The Morgan fingerprint density at radius 3 is 2.34 bits per heavy atom. The summed E-state index contributed by atoms with van der Waals surface area (Å²) in [6.45, 7) is -0.0343. The SMILES string of the molecule is O=C(COc1ccc(/C=N\NC(=O)C(=O)Nc2ccc(Br)cc2)cc1)NC1CCCCC1. The number of carbonyl (C=O) groups is 3. The standard InChI is InChI=1S/C23H25BrN4O4/c24-17-8-10-19(11-9-17)27-22(30)23(31)28-25-14-16-6-12-20(13-7-16)32-15-21(29)26-18-4-2-1-3-5-18/h6-14,18H,1-5,15H2,(H,26,29)(H,27,30)(H,28,31)/b25-14-. The van der Waals surface area contributed by atoms with Crippen LogP contribution >= 0.6 is 15.9 Å². The van der Waals surface area contributed by atoms with Crippen LogP contribution in [-0.2, 0) is 14.4 Å². The molecule has 1 saturated carbocycles. The highest BCUT2D eigenvalue weighted by Gasteiger charge is 2.16. The van der Waals surface area contributed by atoms with Crippen LogP contribution in [-0.4, -0.2) is 36.6 Å². The van der Waals surface area contributed by atoms with Gasteiger partial charge in [-0.05, 0) is 66.9 Å². The third-order valence-electron chi connectivity index (χ3n) is 4.91. The number of hydrogen-bond donors (Lipinski definition) is 3. The zero-order valence-corrected chi connectivity index (χ0v) is 19.1. The Labute approximate surface area is 194 Å². The van der Waals surface area contributed by atoms with E-state index in [2.05, 4.69) is 37.1 Å². The molecule has 1 fully saturated rings. The van der Waals surface area contributed by atoms with Gasteiger partial charge in [0, 0.05) is 16.2 Å². The number of amides is 3. The van der Waals surface area contributed by atoms with Crippen LogP contribution in [0.1, 0.15) is 37.7 Å². The largest absolute Gasteiger partial charge is 0.484 e. The molecule has 0 heterocycles. The summed E-state index contributed by atoms with van der Waals surface area (Å²) in [5.41, 5.74) is 3.37. The van der Waals surface area contributed by atoms with Crippen LogP contribution in [0, 0.1) is 0 Å². The average Bonchev–Trinajstić information content (AvgIpc) is 2.80. The number of hydrazone groups is 1. The van der Waals surface area contributed by atoms with Crippen molar-refractivity contribution in [3.63, 3.8) is 0 Å². The monoisotopic (exact) mass is 500 g/mol. The molecule has 168 valence electrons. The molecule has 0 radical (unpaired) electrons. The Hall–Kier alpha value is -3.20. The molecule has 3 N–H and O–H groups in total. The molecule has 3 rings (SSSR count). The van der Waals surface area contributed by atoms with Crippen molar-refractivity contribution < 1.29 is 19.1 Å². The molecule has 0 aromatic heterocycles. The summed E-state index contributed by atoms with van der Waals surface area (Å²) in [7, 11) is 0. The van der Waals surface area contributed by atoms with Gasteiger partial charge in [-0.3, -0.25) is 14.4 Å². The number of nitrogens with zero attached hydrogens (tertiary/aromatic N) is 1. The van der Waals surface area contributed by atoms with Crippen molar-refractivity contribution in [1.82, 2.24) is 10.7 Å². The molecule has 9 heteroatoms. The van der Waals surface area contributed by atoms with Gasteiger partial charge in [-0.15, -0.1) is 0 Å². The molecule has 0 spiro atoms. The molecule has 2 aromatic carbocycles. The molecule has 0 aliphatic heterocycles. The Morgan fingerprint density at radius 1 is 0.969 bits per heavy atom. The predicted molar refractivity (Wildman–Crippen MR) is 125 cm³/mol. The van der Waals surface area contributed by atoms with Gasteiger partial charge >= 0.3 is 11.8 Å². The lowest BCUT2D eigenvalue weighted by Gasteiger charge is -2.22. The topological polar surface area (TPSA) is 109 Å². The van der Waals surface area contributed by atoms with Crippen LogP contribution in [0.2, 0.25) is 0 Å². The van der Waals surface area contributed by atoms with E-state index in [1.807, 2.05) is 0 Å². The number of halogens is 1. The minimum absolute atomic E-state index is 0.0343. The minimum atomic E-state index is -0.881. The van der Waals surface area contributed by atoms with Crippen LogP contribution in [0.5, 0.6) is 5.75 Å². The second kappa shape index (κ2) is 12.0. The van der Waals surface area contributed by atoms with E-state index in [4.69, 9.17) is 4.74 Å². The summed E-state index contributed by atoms with van der Waals surface area (Å²) in [5, 5.41) is 9.27. The molecule has 3 amide bonds. The van der Waals surface area contributed by atoms with Crippen molar-refractivity contribution in [3.05, 3.63) is 58.6 Å². The molecule has 2 aromatic rings. The summed E-state index contributed by atoms with van der Waals surface area (Å²) in [4.78, 5) is 35.7. The van der Waals surface area contributed by atoms with Crippen LogP contribution in [0.15, 0.2) is 58.1 Å². The maximum Gasteiger partial charge on any atom is 0.329 e. The number of nitrogens with one attached hydrogen (secondary N) is 3. The van der Waals surface area contributed by atoms with Gasteiger partial charge in [0.25, 0.3) is 5.91 Å². The van der Waals surface area contributed by atoms with Crippen LogP contribution in [0.4, 0.5) is 5.69 Å². The third-order valence-corrected chi connectivity index (χ3v) is 5.44. The van der Waals surface area contributed by atoms with Crippen molar-refractivity contribution in [2.45, 2.75) is 38.1 Å². The summed E-state index contributed by atoms with van der Waals surface area (Å²) < 4.78 is 6.38. The maximum absolute atomic E-state index is 12.0. The van der Waals surface area contributed by atoms with E-state index in [0.717, 1.165) is 30.2 Å². The molecule has 0 unspecified atom stereocenters. The van der Waals surface area contributed by atoms with Crippen LogP contribution in [0.25, 0.3) is 0 Å². The highest BCUT2D eigenvalue weighted by Crippen LogP contribution is 2.17. The molecular weight excluding hydrogens is 476 g/mol. The Bertz CT molecular complexity index is 955. The highest BCUT2D eigenvalue weighted by molar-refractivity contribution is 9.10. The number of carbonyl (C=O) groups excluding carboxylic acids is 3. The number of ether oxygens (including phenoxy) is 1. The van der Waals surface area contributed by atoms with Crippen molar-refractivity contribution in [1.29, 1.82) is 0 Å². The van der Waals surface area contributed by atoms with E-state index in [0.29, 0.717) is 17.0 Å². The number of hydrogen-bond acceptors (Lipinski definition) is 5. The Balaban J connectivity index is 1.39. The molecule has 0 bridgehead atoms. The van der Waals surface area contributed by atoms with Crippen molar-refractivity contribution in [2.75, 3.05) is 11.9 Å². The smallest absolute Gasteiger partial charge is 0.329 e. The minimum Gasteiger partial charge on any atom is -0.484 e. The Morgan fingerprint density at radius 2 is 1.66 bits per heavy atom. The van der Waals surface area contributed by atoms with E-state index in [-0.39, 0.29) is 18.6 Å². The molecule has 8 nitrogen and oxygen atoms in total. The third kappa shape index (κ3) is 7.81. The number of rotatable bonds is 7. The van der Waals surface area contributed by atoms with Gasteiger partial charge in [-0.1, -0.05) is 35.2 Å².